The number of rotatable bonds is 10. The highest BCUT2D eigenvalue weighted by Crippen LogP contribution is 2.11. The number of hydrogen-bond acceptors (Lipinski definition) is 3. The topological polar surface area (TPSA) is 88.0 Å². The van der Waals surface area contributed by atoms with E-state index in [0.29, 0.717) is 19.5 Å². The Balaban J connectivity index is 1.53. The van der Waals surface area contributed by atoms with E-state index < -0.39 is 12.1 Å². The molecule has 0 saturated heterocycles. The van der Waals surface area contributed by atoms with Crippen LogP contribution in [0.2, 0.25) is 0 Å². The van der Waals surface area contributed by atoms with Crippen molar-refractivity contribution in [2.45, 2.75) is 45.4 Å². The summed E-state index contributed by atoms with van der Waals surface area (Å²) < 4.78 is 14.8. The average molecular weight is 438 g/mol. The molecule has 0 bridgehead atoms. The summed E-state index contributed by atoms with van der Waals surface area (Å²) >= 11 is 0. The lowest BCUT2D eigenvalue weighted by Crippen LogP contribution is -2.49. The lowest BCUT2D eigenvalue weighted by molar-refractivity contribution is -0.123. The molecule has 2 aromatic carbocycles. The standard InChI is InChI=1S/C24H28FN5O2/c1-2-6-22(29-24(32)27-15-18-9-11-21(25)12-10-18)23(31)26-16-19-7-3-4-8-20(19)17-30-14-5-13-28-30/h3-5,7-14,22H,2,6,15-17H2,1H3,(H,26,31)(H2,27,29,32). The molecule has 0 fully saturated rings. The minimum atomic E-state index is -0.647. The number of carbonyl (C=O) groups is 2. The second-order valence-corrected chi connectivity index (χ2v) is 7.48. The number of hydrogen-bond donors (Lipinski definition) is 3. The van der Waals surface area contributed by atoms with Crippen molar-refractivity contribution in [1.82, 2.24) is 25.7 Å². The van der Waals surface area contributed by atoms with Gasteiger partial charge >= 0.3 is 6.03 Å². The number of amides is 3. The van der Waals surface area contributed by atoms with Crippen LogP contribution in [0.4, 0.5) is 9.18 Å². The van der Waals surface area contributed by atoms with Crippen LogP contribution in [0.25, 0.3) is 0 Å². The van der Waals surface area contributed by atoms with Gasteiger partial charge in [-0.15, -0.1) is 0 Å². The van der Waals surface area contributed by atoms with Crippen molar-refractivity contribution in [2.24, 2.45) is 0 Å². The van der Waals surface area contributed by atoms with E-state index in [2.05, 4.69) is 21.0 Å². The fourth-order valence-corrected chi connectivity index (χ4v) is 3.31. The number of urea groups is 1. The van der Waals surface area contributed by atoms with E-state index in [0.717, 1.165) is 23.1 Å². The zero-order valence-corrected chi connectivity index (χ0v) is 18.1. The molecule has 0 aliphatic heterocycles. The minimum Gasteiger partial charge on any atom is -0.350 e. The van der Waals surface area contributed by atoms with Gasteiger partial charge in [-0.3, -0.25) is 9.48 Å². The quantitative estimate of drug-likeness (QED) is 0.455. The molecule has 0 aliphatic carbocycles. The SMILES string of the molecule is CCCC(NC(=O)NCc1ccc(F)cc1)C(=O)NCc1ccccc1Cn1cccn1. The number of carbonyl (C=O) groups excluding carboxylic acids is 2. The third kappa shape index (κ3) is 6.94. The summed E-state index contributed by atoms with van der Waals surface area (Å²) in [5.41, 5.74) is 2.83. The number of nitrogens with one attached hydrogen (secondary N) is 3. The fourth-order valence-electron chi connectivity index (χ4n) is 3.31. The van der Waals surface area contributed by atoms with Crippen LogP contribution in [0.15, 0.2) is 67.0 Å². The number of halogens is 1. The van der Waals surface area contributed by atoms with Crippen molar-refractivity contribution in [2.75, 3.05) is 0 Å². The lowest BCUT2D eigenvalue weighted by atomic mass is 10.1. The Morgan fingerprint density at radius 3 is 2.44 bits per heavy atom. The highest BCUT2D eigenvalue weighted by atomic mass is 19.1. The van der Waals surface area contributed by atoms with E-state index in [4.69, 9.17) is 0 Å². The van der Waals surface area contributed by atoms with Gasteiger partial charge < -0.3 is 16.0 Å². The molecule has 3 aromatic rings. The minimum absolute atomic E-state index is 0.238. The molecule has 32 heavy (non-hydrogen) atoms. The molecule has 7 nitrogen and oxygen atoms in total. The molecule has 0 spiro atoms. The monoisotopic (exact) mass is 437 g/mol. The molecule has 1 heterocycles. The molecule has 3 amide bonds. The van der Waals surface area contributed by atoms with Crippen molar-refractivity contribution in [3.8, 4) is 0 Å². The normalized spacial score (nSPS) is 11.6. The first-order valence-corrected chi connectivity index (χ1v) is 10.7. The van der Waals surface area contributed by atoms with Crippen molar-refractivity contribution in [3.63, 3.8) is 0 Å². The molecule has 8 heteroatoms. The van der Waals surface area contributed by atoms with E-state index in [1.807, 2.05) is 48.1 Å². The molecule has 168 valence electrons. The summed E-state index contributed by atoms with van der Waals surface area (Å²) in [5, 5.41) is 12.6. The smallest absolute Gasteiger partial charge is 0.315 e. The van der Waals surface area contributed by atoms with Crippen molar-refractivity contribution < 1.29 is 14.0 Å². The molecule has 1 aromatic heterocycles. The summed E-state index contributed by atoms with van der Waals surface area (Å²) in [6, 6.07) is 14.5. The highest BCUT2D eigenvalue weighted by Gasteiger charge is 2.20. The van der Waals surface area contributed by atoms with Crippen molar-refractivity contribution in [3.05, 3.63) is 89.5 Å². The summed E-state index contributed by atoms with van der Waals surface area (Å²) in [5.74, 6) is -0.568. The van der Waals surface area contributed by atoms with Gasteiger partial charge in [-0.2, -0.15) is 5.10 Å². The van der Waals surface area contributed by atoms with Gasteiger partial charge in [0.15, 0.2) is 0 Å². The zero-order chi connectivity index (χ0) is 22.8. The average Bonchev–Trinajstić information content (AvgIpc) is 3.31. The van der Waals surface area contributed by atoms with Crippen LogP contribution in [0, 0.1) is 5.82 Å². The largest absolute Gasteiger partial charge is 0.350 e. The maximum atomic E-state index is 13.0. The summed E-state index contributed by atoms with van der Waals surface area (Å²) in [4.78, 5) is 25.1. The fraction of sp³-hybridized carbons (Fsp3) is 0.292. The Morgan fingerprint density at radius 2 is 1.75 bits per heavy atom. The van der Waals surface area contributed by atoms with E-state index in [1.54, 1.807) is 18.3 Å². The first kappa shape index (κ1) is 23.0. The Hall–Kier alpha value is -3.68. The predicted octanol–water partition coefficient (Wildman–Crippen LogP) is 3.35. The van der Waals surface area contributed by atoms with Gasteiger partial charge in [0, 0.05) is 25.5 Å². The first-order valence-electron chi connectivity index (χ1n) is 10.7. The Kier molecular flexibility index (Phi) is 8.36. The highest BCUT2D eigenvalue weighted by molar-refractivity contribution is 5.87. The zero-order valence-electron chi connectivity index (χ0n) is 18.1. The van der Waals surface area contributed by atoms with Gasteiger partial charge in [0.25, 0.3) is 0 Å². The predicted molar refractivity (Wildman–Crippen MR) is 120 cm³/mol. The summed E-state index contributed by atoms with van der Waals surface area (Å²) in [6.45, 7) is 3.17. The molecular weight excluding hydrogens is 409 g/mol. The number of aromatic nitrogens is 2. The van der Waals surface area contributed by atoms with Crippen LogP contribution >= 0.6 is 0 Å². The van der Waals surface area contributed by atoms with Gasteiger partial charge in [-0.25, -0.2) is 9.18 Å². The Morgan fingerprint density at radius 1 is 1.00 bits per heavy atom. The Labute approximate surface area is 187 Å². The molecule has 1 atom stereocenters. The van der Waals surface area contributed by atoms with Gasteiger partial charge in [0.1, 0.15) is 11.9 Å². The summed E-state index contributed by atoms with van der Waals surface area (Å²) in [6.07, 6.45) is 4.88. The lowest BCUT2D eigenvalue weighted by Gasteiger charge is -2.19. The van der Waals surface area contributed by atoms with Crippen LogP contribution in [-0.2, 0) is 24.4 Å². The summed E-state index contributed by atoms with van der Waals surface area (Å²) in [7, 11) is 0. The van der Waals surface area contributed by atoms with Gasteiger partial charge in [-0.05, 0) is 41.3 Å². The Bertz CT molecular complexity index is 1010. The van der Waals surface area contributed by atoms with Gasteiger partial charge in [0.05, 0.1) is 6.54 Å². The molecule has 0 radical (unpaired) electrons. The third-order valence-corrected chi connectivity index (χ3v) is 5.03. The van der Waals surface area contributed by atoms with Crippen LogP contribution in [0.3, 0.4) is 0 Å². The molecule has 3 N–H and O–H groups in total. The van der Waals surface area contributed by atoms with Crippen LogP contribution in [0.5, 0.6) is 0 Å². The number of nitrogens with zero attached hydrogens (tertiary/aromatic N) is 2. The van der Waals surface area contributed by atoms with Gasteiger partial charge in [0.2, 0.25) is 5.91 Å². The van der Waals surface area contributed by atoms with Gasteiger partial charge in [-0.1, -0.05) is 49.7 Å². The first-order chi connectivity index (χ1) is 15.5. The molecule has 0 aliphatic rings. The van der Waals surface area contributed by atoms with E-state index in [-0.39, 0.29) is 18.3 Å². The van der Waals surface area contributed by atoms with Crippen LogP contribution < -0.4 is 16.0 Å². The number of benzene rings is 2. The second kappa shape index (κ2) is 11.6. The van der Waals surface area contributed by atoms with E-state index >= 15 is 0 Å². The molecular formula is C24H28FN5O2. The molecule has 3 rings (SSSR count). The maximum Gasteiger partial charge on any atom is 0.315 e. The van der Waals surface area contributed by atoms with E-state index in [1.165, 1.54) is 12.1 Å². The third-order valence-electron chi connectivity index (χ3n) is 5.03. The van der Waals surface area contributed by atoms with Crippen molar-refractivity contribution >= 4 is 11.9 Å². The molecule has 1 unspecified atom stereocenters. The second-order valence-electron chi connectivity index (χ2n) is 7.48. The van der Waals surface area contributed by atoms with Crippen LogP contribution in [-0.4, -0.2) is 27.8 Å². The van der Waals surface area contributed by atoms with Crippen molar-refractivity contribution in [1.29, 1.82) is 0 Å². The van der Waals surface area contributed by atoms with Crippen LogP contribution in [0.1, 0.15) is 36.5 Å². The van der Waals surface area contributed by atoms with E-state index in [9.17, 15) is 14.0 Å². The maximum absolute atomic E-state index is 13.0. The molecule has 0 saturated carbocycles.